The van der Waals surface area contributed by atoms with E-state index in [0.717, 1.165) is 0 Å². The van der Waals surface area contributed by atoms with Crippen molar-refractivity contribution in [3.63, 3.8) is 0 Å². The minimum atomic E-state index is -2.35. The van der Waals surface area contributed by atoms with E-state index in [9.17, 15) is 18.7 Å². The molecule has 1 atom stereocenters. The van der Waals surface area contributed by atoms with Crippen LogP contribution < -0.4 is 5.32 Å². The van der Waals surface area contributed by atoms with Crippen molar-refractivity contribution >= 4 is 5.97 Å². The molecule has 6 heteroatoms. The lowest BCUT2D eigenvalue weighted by atomic mass is 9.90. The van der Waals surface area contributed by atoms with Crippen LogP contribution in [0.3, 0.4) is 0 Å². The molecule has 2 N–H and O–H groups in total. The predicted molar refractivity (Wildman–Crippen MR) is 67.1 cm³/mol. The highest BCUT2D eigenvalue weighted by molar-refractivity contribution is 5.78. The minimum absolute atomic E-state index is 0.270. The van der Waals surface area contributed by atoms with E-state index in [1.54, 1.807) is 7.05 Å². The van der Waals surface area contributed by atoms with Gasteiger partial charge in [-0.05, 0) is 39.4 Å². The lowest BCUT2D eigenvalue weighted by Gasteiger charge is -2.30. The number of alkyl halides is 2. The van der Waals surface area contributed by atoms with Gasteiger partial charge in [-0.25, -0.2) is 8.78 Å². The predicted octanol–water partition coefficient (Wildman–Crippen LogP) is 1.81. The zero-order valence-electron chi connectivity index (χ0n) is 11.4. The van der Waals surface area contributed by atoms with E-state index < -0.39 is 17.9 Å². The molecule has 0 aromatic carbocycles. The van der Waals surface area contributed by atoms with E-state index in [4.69, 9.17) is 0 Å². The number of carboxylic acids is 1. The maximum absolute atomic E-state index is 12.1. The molecule has 0 saturated carbocycles. The van der Waals surface area contributed by atoms with E-state index in [1.807, 2.05) is 13.8 Å². The van der Waals surface area contributed by atoms with Crippen molar-refractivity contribution in [2.75, 3.05) is 26.7 Å². The van der Waals surface area contributed by atoms with Gasteiger partial charge in [0.1, 0.15) is 5.54 Å². The van der Waals surface area contributed by atoms with Gasteiger partial charge in [0.05, 0.1) is 6.54 Å². The molecule has 0 bridgehead atoms. The van der Waals surface area contributed by atoms with Crippen molar-refractivity contribution < 1.29 is 18.7 Å². The molecular weight excluding hydrogens is 242 g/mol. The Morgan fingerprint density at radius 1 is 1.44 bits per heavy atom. The van der Waals surface area contributed by atoms with Crippen LogP contribution >= 0.6 is 0 Å². The molecule has 0 heterocycles. The first-order chi connectivity index (χ1) is 8.38. The van der Waals surface area contributed by atoms with E-state index >= 15 is 0 Å². The number of nitrogens with one attached hydrogen (secondary N) is 1. The van der Waals surface area contributed by atoms with Crippen LogP contribution in [0.15, 0.2) is 0 Å². The van der Waals surface area contributed by atoms with Gasteiger partial charge in [-0.2, -0.15) is 0 Å². The number of aliphatic carboxylic acids is 1. The fourth-order valence-electron chi connectivity index (χ4n) is 2.04. The SMILES string of the molecule is CCNC(CC)(CCCN(C)CC(F)F)C(=O)O. The smallest absolute Gasteiger partial charge is 0.323 e. The molecule has 108 valence electrons. The summed E-state index contributed by atoms with van der Waals surface area (Å²) in [5.41, 5.74) is -0.930. The third-order valence-corrected chi connectivity index (χ3v) is 3.12. The second-order valence-corrected chi connectivity index (χ2v) is 4.53. The molecular formula is C12H24F2N2O2. The molecule has 0 aliphatic heterocycles. The molecule has 1 unspecified atom stereocenters. The Labute approximate surface area is 107 Å². The number of likely N-dealkylation sites (N-methyl/N-ethyl adjacent to an activating group) is 1. The zero-order valence-corrected chi connectivity index (χ0v) is 11.4. The first kappa shape index (κ1) is 17.2. The minimum Gasteiger partial charge on any atom is -0.480 e. The average molecular weight is 266 g/mol. The third-order valence-electron chi connectivity index (χ3n) is 3.12. The maximum atomic E-state index is 12.1. The normalized spacial score (nSPS) is 15.1. The maximum Gasteiger partial charge on any atom is 0.323 e. The lowest BCUT2D eigenvalue weighted by Crippen LogP contribution is -2.51. The molecule has 0 rings (SSSR count). The summed E-state index contributed by atoms with van der Waals surface area (Å²) < 4.78 is 24.2. The third kappa shape index (κ3) is 5.73. The summed E-state index contributed by atoms with van der Waals surface area (Å²) >= 11 is 0. The van der Waals surface area contributed by atoms with E-state index in [-0.39, 0.29) is 6.54 Å². The van der Waals surface area contributed by atoms with Gasteiger partial charge >= 0.3 is 5.97 Å². The van der Waals surface area contributed by atoms with E-state index in [0.29, 0.717) is 32.4 Å². The Hall–Kier alpha value is -0.750. The summed E-state index contributed by atoms with van der Waals surface area (Å²) in [4.78, 5) is 12.8. The van der Waals surface area contributed by atoms with Crippen molar-refractivity contribution in [1.82, 2.24) is 10.2 Å². The number of carbonyl (C=O) groups is 1. The first-order valence-electron chi connectivity index (χ1n) is 6.33. The van der Waals surface area contributed by atoms with Crippen molar-refractivity contribution in [3.8, 4) is 0 Å². The van der Waals surface area contributed by atoms with Gasteiger partial charge in [0.15, 0.2) is 0 Å². The second kappa shape index (κ2) is 8.37. The molecule has 0 saturated heterocycles. The van der Waals surface area contributed by atoms with Crippen molar-refractivity contribution in [2.24, 2.45) is 0 Å². The van der Waals surface area contributed by atoms with Gasteiger partial charge < -0.3 is 15.3 Å². The quantitative estimate of drug-likeness (QED) is 0.633. The Morgan fingerprint density at radius 2 is 2.06 bits per heavy atom. The highest BCUT2D eigenvalue weighted by Crippen LogP contribution is 2.18. The number of hydrogen-bond acceptors (Lipinski definition) is 3. The largest absolute Gasteiger partial charge is 0.480 e. The number of rotatable bonds is 10. The Bertz CT molecular complexity index is 252. The fraction of sp³-hybridized carbons (Fsp3) is 0.917. The van der Waals surface area contributed by atoms with E-state index in [1.165, 1.54) is 4.90 Å². The van der Waals surface area contributed by atoms with Crippen molar-refractivity contribution in [2.45, 2.75) is 45.1 Å². The summed E-state index contributed by atoms with van der Waals surface area (Å²) in [6.45, 7) is 4.46. The van der Waals surface area contributed by atoms with Gasteiger partial charge in [-0.3, -0.25) is 4.79 Å². The molecule has 0 spiro atoms. The number of hydrogen-bond donors (Lipinski definition) is 2. The Balaban J connectivity index is 4.23. The van der Waals surface area contributed by atoms with Crippen LogP contribution in [0.4, 0.5) is 8.78 Å². The molecule has 0 aromatic rings. The average Bonchev–Trinajstić information content (AvgIpc) is 2.26. The summed E-state index contributed by atoms with van der Waals surface area (Å²) in [5.74, 6) is -0.872. The van der Waals surface area contributed by atoms with Crippen LogP contribution in [0.1, 0.15) is 33.1 Å². The standard InChI is InChI=1S/C12H24F2N2O2/c1-4-12(11(17)18,15-5-2)7-6-8-16(3)9-10(13)14/h10,15H,4-9H2,1-3H3,(H,17,18). The molecule has 18 heavy (non-hydrogen) atoms. The van der Waals surface area contributed by atoms with Crippen LogP contribution in [0, 0.1) is 0 Å². The van der Waals surface area contributed by atoms with Crippen molar-refractivity contribution in [3.05, 3.63) is 0 Å². The Morgan fingerprint density at radius 3 is 2.44 bits per heavy atom. The number of carboxylic acid groups (broad SMARTS) is 1. The summed E-state index contributed by atoms with van der Waals surface area (Å²) in [7, 11) is 1.62. The van der Waals surface area contributed by atoms with Crippen LogP contribution in [-0.2, 0) is 4.79 Å². The highest BCUT2D eigenvalue weighted by Gasteiger charge is 2.34. The molecule has 0 aliphatic rings. The van der Waals surface area contributed by atoms with E-state index in [2.05, 4.69) is 5.32 Å². The van der Waals surface area contributed by atoms with Gasteiger partial charge in [0, 0.05) is 0 Å². The Kier molecular flexibility index (Phi) is 8.02. The summed E-state index contributed by atoms with van der Waals surface area (Å²) in [5, 5.41) is 12.3. The topological polar surface area (TPSA) is 52.6 Å². The molecule has 0 radical (unpaired) electrons. The van der Waals surface area contributed by atoms with Gasteiger partial charge in [-0.1, -0.05) is 13.8 Å². The monoisotopic (exact) mass is 266 g/mol. The molecule has 4 nitrogen and oxygen atoms in total. The highest BCUT2D eigenvalue weighted by atomic mass is 19.3. The summed E-state index contributed by atoms with van der Waals surface area (Å²) in [6.07, 6.45) is -0.843. The molecule has 0 aliphatic carbocycles. The summed E-state index contributed by atoms with van der Waals surface area (Å²) in [6, 6.07) is 0. The zero-order chi connectivity index (χ0) is 14.2. The molecule has 0 amide bonds. The fourth-order valence-corrected chi connectivity index (χ4v) is 2.04. The second-order valence-electron chi connectivity index (χ2n) is 4.53. The van der Waals surface area contributed by atoms with Crippen LogP contribution in [-0.4, -0.2) is 54.6 Å². The van der Waals surface area contributed by atoms with Crippen LogP contribution in [0.25, 0.3) is 0 Å². The van der Waals surface area contributed by atoms with Gasteiger partial charge in [0.25, 0.3) is 6.43 Å². The molecule has 0 fully saturated rings. The van der Waals surface area contributed by atoms with Crippen LogP contribution in [0.2, 0.25) is 0 Å². The van der Waals surface area contributed by atoms with Crippen molar-refractivity contribution in [1.29, 1.82) is 0 Å². The lowest BCUT2D eigenvalue weighted by molar-refractivity contribution is -0.145. The first-order valence-corrected chi connectivity index (χ1v) is 6.33. The number of nitrogens with zero attached hydrogens (tertiary/aromatic N) is 1. The van der Waals surface area contributed by atoms with Gasteiger partial charge in [0.2, 0.25) is 0 Å². The molecule has 0 aromatic heterocycles. The van der Waals surface area contributed by atoms with Gasteiger partial charge in [-0.15, -0.1) is 0 Å². The number of halogens is 2. The van der Waals surface area contributed by atoms with Crippen LogP contribution in [0.5, 0.6) is 0 Å².